The summed E-state index contributed by atoms with van der Waals surface area (Å²) < 4.78 is 7.18. The maximum atomic E-state index is 7.18. The highest BCUT2D eigenvalue weighted by molar-refractivity contribution is 6.19. The first-order valence-electron chi connectivity index (χ1n) is 20.7. The van der Waals surface area contributed by atoms with Gasteiger partial charge in [0.2, 0.25) is 0 Å². The van der Waals surface area contributed by atoms with E-state index in [2.05, 4.69) is 214 Å². The predicted octanol–water partition coefficient (Wildman–Crippen LogP) is 15.9. The van der Waals surface area contributed by atoms with Crippen molar-refractivity contribution in [2.75, 3.05) is 0 Å². The molecule has 0 bridgehead atoms. The zero-order valence-corrected chi connectivity index (χ0v) is 33.0. The molecule has 0 saturated carbocycles. The molecule has 0 saturated heterocycles. The molecule has 278 valence electrons. The molecule has 1 heterocycles. The molecule has 0 fully saturated rings. The van der Waals surface area contributed by atoms with Crippen LogP contribution in [0.5, 0.6) is 0 Å². The van der Waals surface area contributed by atoms with Gasteiger partial charge >= 0.3 is 0 Å². The van der Waals surface area contributed by atoms with Crippen LogP contribution in [-0.4, -0.2) is 0 Å². The molecule has 1 atom stereocenters. The third-order valence-corrected chi connectivity index (χ3v) is 13.2. The van der Waals surface area contributed by atoms with Gasteiger partial charge in [0.05, 0.1) is 0 Å². The summed E-state index contributed by atoms with van der Waals surface area (Å²) in [6, 6.07) is 73.9. The van der Waals surface area contributed by atoms with E-state index in [1.807, 2.05) is 0 Å². The fraction of sp³-hybridized carbons (Fsp3) is 0.0690. The van der Waals surface area contributed by atoms with Crippen LogP contribution in [0.3, 0.4) is 0 Å². The molecule has 1 nitrogen and oxygen atoms in total. The third kappa shape index (κ3) is 5.11. The summed E-state index contributed by atoms with van der Waals surface area (Å²) >= 11 is 0. The number of fused-ring (bicyclic) bond motifs is 10. The van der Waals surface area contributed by atoms with Crippen LogP contribution in [0.25, 0.3) is 87.6 Å². The Bertz CT molecular complexity index is 3460. The fourth-order valence-electron chi connectivity index (χ4n) is 10.4. The van der Waals surface area contributed by atoms with Crippen LogP contribution in [0, 0.1) is 0 Å². The fourth-order valence-corrected chi connectivity index (χ4v) is 10.4. The number of furan rings is 1. The lowest BCUT2D eigenvalue weighted by atomic mass is 9.79. The van der Waals surface area contributed by atoms with E-state index >= 15 is 0 Å². The first-order chi connectivity index (χ1) is 29.0. The van der Waals surface area contributed by atoms with Gasteiger partial charge in [0.15, 0.2) is 0 Å². The first-order valence-corrected chi connectivity index (χ1v) is 20.7. The highest BCUT2D eigenvalue weighted by Crippen LogP contribution is 2.52. The average Bonchev–Trinajstić information content (AvgIpc) is 3.77. The average molecular weight is 753 g/mol. The maximum Gasteiger partial charge on any atom is 0.143 e. The Morgan fingerprint density at radius 1 is 0.407 bits per heavy atom. The molecule has 1 aliphatic carbocycles. The molecule has 1 aliphatic rings. The van der Waals surface area contributed by atoms with Gasteiger partial charge in [-0.3, -0.25) is 0 Å². The maximum absolute atomic E-state index is 7.18. The zero-order valence-electron chi connectivity index (χ0n) is 33.0. The van der Waals surface area contributed by atoms with Crippen molar-refractivity contribution in [2.45, 2.75) is 25.2 Å². The molecule has 0 aliphatic heterocycles. The summed E-state index contributed by atoms with van der Waals surface area (Å²) in [6.45, 7) is 4.72. The summed E-state index contributed by atoms with van der Waals surface area (Å²) in [5, 5.41) is 9.76. The van der Waals surface area contributed by atoms with Crippen LogP contribution in [-0.2, 0) is 5.41 Å². The van der Waals surface area contributed by atoms with Gasteiger partial charge in [0, 0.05) is 27.7 Å². The minimum Gasteiger partial charge on any atom is -0.455 e. The van der Waals surface area contributed by atoms with Gasteiger partial charge in [-0.1, -0.05) is 190 Å². The van der Waals surface area contributed by atoms with E-state index in [1.165, 1.54) is 88.0 Å². The van der Waals surface area contributed by atoms with Crippen LogP contribution >= 0.6 is 0 Å². The number of benzene rings is 10. The highest BCUT2D eigenvalue weighted by atomic mass is 16.3. The number of hydrogen-bond donors (Lipinski definition) is 0. The van der Waals surface area contributed by atoms with Crippen LogP contribution in [0.2, 0.25) is 0 Å². The SMILES string of the molecule is CC1(C)c2ccccc2-c2ccc(-c3c4ccccc4cc4c3oc3cccc(C(c5ccc(-c6ccccc6)cc5)c5cc6ccccc6c6ccccc56)c34)cc21. The van der Waals surface area contributed by atoms with Gasteiger partial charge in [-0.05, 0) is 112 Å². The van der Waals surface area contributed by atoms with Gasteiger partial charge in [-0.15, -0.1) is 0 Å². The van der Waals surface area contributed by atoms with Crippen molar-refractivity contribution in [2.24, 2.45) is 0 Å². The topological polar surface area (TPSA) is 13.1 Å². The Balaban J connectivity index is 1.14. The second-order valence-electron chi connectivity index (χ2n) is 16.8. The van der Waals surface area contributed by atoms with Gasteiger partial charge < -0.3 is 4.42 Å². The van der Waals surface area contributed by atoms with E-state index in [4.69, 9.17) is 4.42 Å². The number of hydrogen-bond acceptors (Lipinski definition) is 1. The van der Waals surface area contributed by atoms with E-state index in [0.717, 1.165) is 27.5 Å². The molecule has 0 spiro atoms. The van der Waals surface area contributed by atoms with Crippen LogP contribution in [0.1, 0.15) is 47.6 Å². The lowest BCUT2D eigenvalue weighted by Crippen LogP contribution is -2.14. The van der Waals surface area contributed by atoms with Crippen molar-refractivity contribution in [3.63, 3.8) is 0 Å². The summed E-state index contributed by atoms with van der Waals surface area (Å²) in [7, 11) is 0. The van der Waals surface area contributed by atoms with Crippen molar-refractivity contribution < 1.29 is 4.42 Å². The summed E-state index contributed by atoms with van der Waals surface area (Å²) in [6.07, 6.45) is 0. The van der Waals surface area contributed by atoms with Gasteiger partial charge in [0.25, 0.3) is 0 Å². The molecule has 0 amide bonds. The molecule has 1 unspecified atom stereocenters. The first kappa shape index (κ1) is 33.9. The Morgan fingerprint density at radius 3 is 1.85 bits per heavy atom. The van der Waals surface area contributed by atoms with Crippen molar-refractivity contribution in [3.8, 4) is 33.4 Å². The van der Waals surface area contributed by atoms with Gasteiger partial charge in [0.1, 0.15) is 11.2 Å². The largest absolute Gasteiger partial charge is 0.455 e. The smallest absolute Gasteiger partial charge is 0.143 e. The van der Waals surface area contributed by atoms with E-state index in [1.54, 1.807) is 0 Å². The Labute approximate surface area is 343 Å². The molecule has 0 radical (unpaired) electrons. The Hall–Kier alpha value is -7.22. The minimum atomic E-state index is -0.113. The van der Waals surface area contributed by atoms with E-state index in [0.29, 0.717) is 0 Å². The predicted molar refractivity (Wildman–Crippen MR) is 249 cm³/mol. The van der Waals surface area contributed by atoms with Crippen LogP contribution < -0.4 is 0 Å². The summed E-state index contributed by atoms with van der Waals surface area (Å²) in [5.74, 6) is -0.0759. The van der Waals surface area contributed by atoms with Crippen molar-refractivity contribution in [1.29, 1.82) is 0 Å². The Kier molecular flexibility index (Phi) is 7.40. The van der Waals surface area contributed by atoms with Crippen molar-refractivity contribution in [3.05, 3.63) is 228 Å². The minimum absolute atomic E-state index is 0.0759. The normalized spacial score (nSPS) is 13.7. The lowest BCUT2D eigenvalue weighted by molar-refractivity contribution is 0.660. The monoisotopic (exact) mass is 752 g/mol. The molecule has 10 aromatic carbocycles. The standard InChI is InChI=1S/C58H40O/c1-58(2)51-25-13-12-23-46(51)47-32-31-41(35-52(47)58)55-43-20-9-7-18-40(43)34-50-56-48(24-14-26-53(56)59-57(50)55)54(38-29-27-37(28-30-38)36-15-4-3-5-16-36)49-33-39-17-6-8-19-42(39)44-21-10-11-22-45(44)49/h3-35,54H,1-2H3. The van der Waals surface area contributed by atoms with E-state index < -0.39 is 0 Å². The summed E-state index contributed by atoms with van der Waals surface area (Å²) in [4.78, 5) is 0. The second kappa shape index (κ2) is 12.9. The summed E-state index contributed by atoms with van der Waals surface area (Å²) in [5.41, 5.74) is 15.6. The zero-order chi connectivity index (χ0) is 39.2. The second-order valence-corrected chi connectivity index (χ2v) is 16.8. The molecular weight excluding hydrogens is 713 g/mol. The highest BCUT2D eigenvalue weighted by Gasteiger charge is 2.36. The van der Waals surface area contributed by atoms with Gasteiger partial charge in [-0.25, -0.2) is 0 Å². The lowest BCUT2D eigenvalue weighted by Gasteiger charge is -2.23. The molecule has 12 rings (SSSR count). The number of rotatable bonds is 5. The Morgan fingerprint density at radius 2 is 1.03 bits per heavy atom. The van der Waals surface area contributed by atoms with Crippen molar-refractivity contribution in [1.82, 2.24) is 0 Å². The van der Waals surface area contributed by atoms with E-state index in [9.17, 15) is 0 Å². The molecule has 11 aromatic rings. The van der Waals surface area contributed by atoms with Gasteiger partial charge in [-0.2, -0.15) is 0 Å². The third-order valence-electron chi connectivity index (χ3n) is 13.2. The molecule has 0 N–H and O–H groups in total. The van der Waals surface area contributed by atoms with E-state index in [-0.39, 0.29) is 11.3 Å². The molecular formula is C58H40O. The van der Waals surface area contributed by atoms with Crippen LogP contribution in [0.15, 0.2) is 205 Å². The van der Waals surface area contributed by atoms with Crippen molar-refractivity contribution >= 4 is 54.3 Å². The van der Waals surface area contributed by atoms with Crippen LogP contribution in [0.4, 0.5) is 0 Å². The molecule has 59 heavy (non-hydrogen) atoms. The quantitative estimate of drug-likeness (QED) is 0.126. The molecule has 1 aromatic heterocycles. The molecule has 1 heteroatoms.